The highest BCUT2D eigenvalue weighted by molar-refractivity contribution is 7.99. The van der Waals surface area contributed by atoms with Crippen LogP contribution in [0, 0.1) is 17.1 Å². The van der Waals surface area contributed by atoms with E-state index in [1.807, 2.05) is 12.1 Å². The van der Waals surface area contributed by atoms with Crippen LogP contribution in [0.15, 0.2) is 35.2 Å². The summed E-state index contributed by atoms with van der Waals surface area (Å²) in [6.07, 6.45) is 0.868. The molecule has 1 aliphatic heterocycles. The van der Waals surface area contributed by atoms with Crippen LogP contribution in [0.4, 0.5) is 10.2 Å². The Labute approximate surface area is 131 Å². The molecular formula is C15H11ClFN3S. The molecule has 106 valence electrons. The molecule has 6 heteroatoms. The Hall–Kier alpha value is -1.77. The molecule has 0 amide bonds. The second-order valence-electron chi connectivity index (χ2n) is 4.63. The molecule has 0 saturated carbocycles. The first-order valence-corrected chi connectivity index (χ1v) is 7.80. The first kappa shape index (κ1) is 14.2. The maximum atomic E-state index is 13.8. The van der Waals surface area contributed by atoms with Gasteiger partial charge >= 0.3 is 0 Å². The van der Waals surface area contributed by atoms with Gasteiger partial charge in [0.25, 0.3) is 0 Å². The van der Waals surface area contributed by atoms with Crippen LogP contribution in [0.2, 0.25) is 5.02 Å². The molecule has 1 unspecified atom stereocenters. The quantitative estimate of drug-likeness (QED) is 0.891. The van der Waals surface area contributed by atoms with E-state index in [2.05, 4.69) is 10.3 Å². The van der Waals surface area contributed by atoms with Gasteiger partial charge in [0.15, 0.2) is 5.69 Å². The van der Waals surface area contributed by atoms with Crippen molar-refractivity contribution in [1.82, 2.24) is 4.98 Å². The second kappa shape index (κ2) is 5.92. The van der Waals surface area contributed by atoms with E-state index in [9.17, 15) is 4.39 Å². The lowest BCUT2D eigenvalue weighted by molar-refractivity contribution is 0.584. The van der Waals surface area contributed by atoms with E-state index in [-0.39, 0.29) is 17.6 Å². The van der Waals surface area contributed by atoms with Crippen molar-refractivity contribution in [3.8, 4) is 6.07 Å². The van der Waals surface area contributed by atoms with Crippen LogP contribution in [0.25, 0.3) is 0 Å². The van der Waals surface area contributed by atoms with Gasteiger partial charge in [0.2, 0.25) is 0 Å². The number of nitriles is 1. The van der Waals surface area contributed by atoms with E-state index in [0.717, 1.165) is 17.7 Å². The first-order chi connectivity index (χ1) is 10.2. The highest BCUT2D eigenvalue weighted by atomic mass is 35.5. The summed E-state index contributed by atoms with van der Waals surface area (Å²) in [5.41, 5.74) is 1.12. The number of thioether (sulfide) groups is 1. The summed E-state index contributed by atoms with van der Waals surface area (Å²) in [6.45, 7) is 0. The van der Waals surface area contributed by atoms with Crippen molar-refractivity contribution in [2.75, 3.05) is 11.1 Å². The van der Waals surface area contributed by atoms with E-state index in [1.165, 1.54) is 17.8 Å². The van der Waals surface area contributed by atoms with Gasteiger partial charge in [-0.25, -0.2) is 9.37 Å². The van der Waals surface area contributed by atoms with E-state index < -0.39 is 0 Å². The monoisotopic (exact) mass is 319 g/mol. The fraction of sp³-hybridized carbons (Fsp3) is 0.200. The van der Waals surface area contributed by atoms with Gasteiger partial charge < -0.3 is 5.32 Å². The third kappa shape index (κ3) is 2.82. The lowest BCUT2D eigenvalue weighted by Crippen LogP contribution is -2.17. The smallest absolute Gasteiger partial charge is 0.161 e. The molecule has 0 fully saturated rings. The number of rotatable bonds is 2. The molecule has 1 aromatic carbocycles. The number of fused-ring (bicyclic) bond motifs is 1. The fourth-order valence-corrected chi connectivity index (χ4v) is 3.60. The minimum Gasteiger partial charge on any atom is -0.363 e. The molecule has 2 heterocycles. The zero-order valence-electron chi connectivity index (χ0n) is 10.9. The predicted molar refractivity (Wildman–Crippen MR) is 82.1 cm³/mol. The Balaban J connectivity index is 1.91. The summed E-state index contributed by atoms with van der Waals surface area (Å²) < 4.78 is 13.8. The van der Waals surface area contributed by atoms with Gasteiger partial charge in [-0.1, -0.05) is 23.7 Å². The van der Waals surface area contributed by atoms with Crippen LogP contribution in [-0.2, 0) is 0 Å². The van der Waals surface area contributed by atoms with Crippen LogP contribution in [0.5, 0.6) is 0 Å². The third-order valence-corrected chi connectivity index (χ3v) is 4.76. The Morgan fingerprint density at radius 2 is 2.24 bits per heavy atom. The summed E-state index contributed by atoms with van der Waals surface area (Å²) in [5, 5.41) is 12.6. The Kier molecular flexibility index (Phi) is 4.00. The molecule has 0 spiro atoms. The number of benzene rings is 1. The van der Waals surface area contributed by atoms with Crippen molar-refractivity contribution in [3.63, 3.8) is 0 Å². The van der Waals surface area contributed by atoms with Crippen molar-refractivity contribution < 1.29 is 4.39 Å². The summed E-state index contributed by atoms with van der Waals surface area (Å²) in [7, 11) is 0. The molecule has 1 aliphatic rings. The van der Waals surface area contributed by atoms with Crippen LogP contribution in [0.3, 0.4) is 0 Å². The highest BCUT2D eigenvalue weighted by Gasteiger charge is 2.23. The molecule has 21 heavy (non-hydrogen) atoms. The molecule has 3 nitrogen and oxygen atoms in total. The average molecular weight is 320 g/mol. The SMILES string of the molecule is N#Cc1nc(NC2CCSc3c(F)cccc32)ccc1Cl. The summed E-state index contributed by atoms with van der Waals surface area (Å²) >= 11 is 7.41. The van der Waals surface area contributed by atoms with Gasteiger partial charge in [-0.3, -0.25) is 0 Å². The normalized spacial score (nSPS) is 16.9. The van der Waals surface area contributed by atoms with Gasteiger partial charge in [0.05, 0.1) is 11.1 Å². The molecule has 2 aromatic rings. The molecule has 0 saturated heterocycles. The van der Waals surface area contributed by atoms with Gasteiger partial charge in [0.1, 0.15) is 17.7 Å². The summed E-state index contributed by atoms with van der Waals surface area (Å²) in [5.74, 6) is 1.22. The molecule has 0 bridgehead atoms. The van der Waals surface area contributed by atoms with Crippen molar-refractivity contribution in [3.05, 3.63) is 52.4 Å². The Bertz CT molecular complexity index is 729. The Morgan fingerprint density at radius 1 is 1.38 bits per heavy atom. The molecule has 1 atom stereocenters. The molecule has 1 N–H and O–H groups in total. The number of nitrogens with zero attached hydrogens (tertiary/aromatic N) is 2. The maximum absolute atomic E-state index is 13.8. The van der Waals surface area contributed by atoms with Crippen LogP contribution < -0.4 is 5.32 Å². The Morgan fingerprint density at radius 3 is 3.05 bits per heavy atom. The zero-order chi connectivity index (χ0) is 14.8. The largest absolute Gasteiger partial charge is 0.363 e. The second-order valence-corrected chi connectivity index (χ2v) is 6.14. The lowest BCUT2D eigenvalue weighted by atomic mass is 10.0. The fourth-order valence-electron chi connectivity index (χ4n) is 2.32. The van der Waals surface area contributed by atoms with Crippen molar-refractivity contribution in [2.24, 2.45) is 0 Å². The number of hydrogen-bond acceptors (Lipinski definition) is 4. The third-order valence-electron chi connectivity index (χ3n) is 3.30. The minimum absolute atomic E-state index is 0.0165. The van der Waals surface area contributed by atoms with Crippen LogP contribution in [0.1, 0.15) is 23.7 Å². The lowest BCUT2D eigenvalue weighted by Gasteiger charge is -2.26. The number of aromatic nitrogens is 1. The summed E-state index contributed by atoms with van der Waals surface area (Å²) in [4.78, 5) is 4.87. The number of halogens is 2. The molecule has 0 aliphatic carbocycles. The van der Waals surface area contributed by atoms with Crippen LogP contribution >= 0.6 is 23.4 Å². The molecule has 1 aromatic heterocycles. The molecule has 0 radical (unpaired) electrons. The van der Waals surface area contributed by atoms with Gasteiger partial charge in [-0.2, -0.15) is 5.26 Å². The average Bonchev–Trinajstić information content (AvgIpc) is 2.50. The van der Waals surface area contributed by atoms with E-state index >= 15 is 0 Å². The first-order valence-electron chi connectivity index (χ1n) is 6.43. The van der Waals surface area contributed by atoms with Gasteiger partial charge in [-0.15, -0.1) is 11.8 Å². The topological polar surface area (TPSA) is 48.7 Å². The molecule has 3 rings (SSSR count). The standard InChI is InChI=1S/C15H11ClFN3S/c16-10-4-5-14(20-13(10)8-18)19-12-6-7-21-15-9(12)2-1-3-11(15)17/h1-5,12H,6-7H2,(H,19,20). The number of anilines is 1. The van der Waals surface area contributed by atoms with Crippen molar-refractivity contribution >= 4 is 29.2 Å². The van der Waals surface area contributed by atoms with Crippen LogP contribution in [-0.4, -0.2) is 10.7 Å². The number of hydrogen-bond donors (Lipinski definition) is 1. The van der Waals surface area contributed by atoms with E-state index in [0.29, 0.717) is 15.7 Å². The van der Waals surface area contributed by atoms with Gasteiger partial charge in [0, 0.05) is 10.6 Å². The number of pyridine rings is 1. The highest BCUT2D eigenvalue weighted by Crippen LogP contribution is 2.39. The maximum Gasteiger partial charge on any atom is 0.161 e. The number of nitrogens with one attached hydrogen (secondary N) is 1. The molecular weight excluding hydrogens is 309 g/mol. The van der Waals surface area contributed by atoms with Crippen molar-refractivity contribution in [1.29, 1.82) is 5.26 Å². The predicted octanol–water partition coefficient (Wildman–Crippen LogP) is 4.39. The van der Waals surface area contributed by atoms with Gasteiger partial charge in [-0.05, 0) is 30.2 Å². The zero-order valence-corrected chi connectivity index (χ0v) is 12.5. The van der Waals surface area contributed by atoms with Crippen molar-refractivity contribution in [2.45, 2.75) is 17.4 Å². The summed E-state index contributed by atoms with van der Waals surface area (Å²) in [6, 6.07) is 10.4. The van der Waals surface area contributed by atoms with E-state index in [1.54, 1.807) is 18.2 Å². The minimum atomic E-state index is -0.189. The van der Waals surface area contributed by atoms with E-state index in [4.69, 9.17) is 16.9 Å².